The van der Waals surface area contributed by atoms with Gasteiger partial charge in [0.15, 0.2) is 6.10 Å². The number of carbonyl (C=O) groups is 1. The van der Waals surface area contributed by atoms with Gasteiger partial charge in [-0.1, -0.05) is 32.4 Å². The van der Waals surface area contributed by atoms with Gasteiger partial charge in [-0.3, -0.25) is 0 Å². The second-order valence-electron chi connectivity index (χ2n) is 5.17. The predicted octanol–water partition coefficient (Wildman–Crippen LogP) is 3.08. The van der Waals surface area contributed by atoms with Crippen LogP contribution in [0.2, 0.25) is 0 Å². The summed E-state index contributed by atoms with van der Waals surface area (Å²) in [6.45, 7) is 6.26. The van der Waals surface area contributed by atoms with Gasteiger partial charge < -0.3 is 15.2 Å². The van der Waals surface area contributed by atoms with E-state index < -0.39 is 6.10 Å². The summed E-state index contributed by atoms with van der Waals surface area (Å²) in [5.74, 6) is 0.400. The Labute approximate surface area is 127 Å². The molecule has 0 heterocycles. The lowest BCUT2D eigenvalue weighted by molar-refractivity contribution is -0.151. The van der Waals surface area contributed by atoms with Gasteiger partial charge in [-0.25, -0.2) is 4.79 Å². The molecule has 2 atom stereocenters. The molecule has 118 valence electrons. The molecular formula is C17H27NO3. The minimum absolute atomic E-state index is 0.150. The molecule has 1 rings (SSSR count). The van der Waals surface area contributed by atoms with Crippen molar-refractivity contribution >= 4 is 5.97 Å². The van der Waals surface area contributed by atoms with E-state index >= 15 is 0 Å². The van der Waals surface area contributed by atoms with Crippen LogP contribution >= 0.6 is 0 Å². The fourth-order valence-electron chi connectivity index (χ4n) is 2.08. The highest BCUT2D eigenvalue weighted by molar-refractivity contribution is 5.75. The minimum atomic E-state index is -0.537. The highest BCUT2D eigenvalue weighted by Crippen LogP contribution is 2.18. The van der Waals surface area contributed by atoms with Crippen molar-refractivity contribution in [3.05, 3.63) is 29.8 Å². The molecule has 0 aliphatic rings. The van der Waals surface area contributed by atoms with Crippen molar-refractivity contribution in [3.63, 3.8) is 0 Å². The van der Waals surface area contributed by atoms with Crippen molar-refractivity contribution in [1.29, 1.82) is 0 Å². The maximum atomic E-state index is 11.9. The molecule has 4 nitrogen and oxygen atoms in total. The Morgan fingerprint density at radius 1 is 1.29 bits per heavy atom. The summed E-state index contributed by atoms with van der Waals surface area (Å²) < 4.78 is 10.9. The van der Waals surface area contributed by atoms with Crippen LogP contribution in [0.1, 0.15) is 45.6 Å². The van der Waals surface area contributed by atoms with Gasteiger partial charge in [0.2, 0.25) is 0 Å². The summed E-state index contributed by atoms with van der Waals surface area (Å²) in [6, 6.07) is 7.93. The highest BCUT2D eigenvalue weighted by Gasteiger charge is 2.20. The van der Waals surface area contributed by atoms with Crippen molar-refractivity contribution < 1.29 is 14.3 Å². The van der Waals surface area contributed by atoms with E-state index in [4.69, 9.17) is 15.2 Å². The third-order valence-corrected chi connectivity index (χ3v) is 3.30. The predicted molar refractivity (Wildman–Crippen MR) is 84.4 cm³/mol. The van der Waals surface area contributed by atoms with Crippen LogP contribution in [0.15, 0.2) is 24.3 Å². The summed E-state index contributed by atoms with van der Waals surface area (Å²) in [4.78, 5) is 11.9. The standard InChI is InChI=1S/C17H27NO3/c1-4-8-16(17(19)20-6-3)21-15-10-7-9-13(12-15)11-14(18)5-2/h7,9-10,12,14,16H,4-6,8,11,18H2,1-3H3. The quantitative estimate of drug-likeness (QED) is 0.711. The zero-order chi connectivity index (χ0) is 15.7. The van der Waals surface area contributed by atoms with Gasteiger partial charge >= 0.3 is 5.97 Å². The molecule has 0 saturated carbocycles. The van der Waals surface area contributed by atoms with Gasteiger partial charge in [-0.2, -0.15) is 0 Å². The Morgan fingerprint density at radius 2 is 2.05 bits per heavy atom. The normalized spacial score (nSPS) is 13.5. The zero-order valence-electron chi connectivity index (χ0n) is 13.3. The van der Waals surface area contributed by atoms with Crippen molar-refractivity contribution in [1.82, 2.24) is 0 Å². The largest absolute Gasteiger partial charge is 0.479 e. The van der Waals surface area contributed by atoms with E-state index in [-0.39, 0.29) is 12.0 Å². The molecule has 0 aliphatic carbocycles. The number of rotatable bonds is 9. The molecule has 4 heteroatoms. The number of nitrogens with two attached hydrogens (primary N) is 1. The van der Waals surface area contributed by atoms with E-state index in [1.165, 1.54) is 0 Å². The molecule has 0 amide bonds. The van der Waals surface area contributed by atoms with Crippen molar-refractivity contribution in [2.45, 2.75) is 58.6 Å². The topological polar surface area (TPSA) is 61.5 Å². The molecule has 0 bridgehead atoms. The second-order valence-corrected chi connectivity index (χ2v) is 5.17. The maximum absolute atomic E-state index is 11.9. The minimum Gasteiger partial charge on any atom is -0.479 e. The molecule has 0 saturated heterocycles. The smallest absolute Gasteiger partial charge is 0.347 e. The molecule has 0 fully saturated rings. The molecule has 0 radical (unpaired) electrons. The number of benzene rings is 1. The fourth-order valence-corrected chi connectivity index (χ4v) is 2.08. The van der Waals surface area contributed by atoms with Crippen LogP contribution in [0.3, 0.4) is 0 Å². The van der Waals surface area contributed by atoms with Crippen LogP contribution in [0.4, 0.5) is 0 Å². The Morgan fingerprint density at radius 3 is 2.67 bits per heavy atom. The summed E-state index contributed by atoms with van der Waals surface area (Å²) in [5.41, 5.74) is 7.10. The summed E-state index contributed by atoms with van der Waals surface area (Å²) >= 11 is 0. The van der Waals surface area contributed by atoms with Crippen LogP contribution in [0, 0.1) is 0 Å². The number of hydrogen-bond acceptors (Lipinski definition) is 4. The number of carbonyl (C=O) groups excluding carboxylic acids is 1. The first kappa shape index (κ1) is 17.5. The van der Waals surface area contributed by atoms with Crippen LogP contribution in [0.5, 0.6) is 5.75 Å². The van der Waals surface area contributed by atoms with E-state index in [0.717, 1.165) is 24.8 Å². The Kier molecular flexibility index (Phi) is 7.83. The SMILES string of the molecule is CCCC(Oc1cccc(CC(N)CC)c1)C(=O)OCC. The fraction of sp³-hybridized carbons (Fsp3) is 0.588. The molecular weight excluding hydrogens is 266 g/mol. The van der Waals surface area contributed by atoms with Crippen molar-refractivity contribution in [3.8, 4) is 5.75 Å². The summed E-state index contributed by atoms with van der Waals surface area (Å²) in [7, 11) is 0. The van der Waals surface area contributed by atoms with E-state index in [0.29, 0.717) is 18.8 Å². The van der Waals surface area contributed by atoms with Gasteiger partial charge in [-0.15, -0.1) is 0 Å². The average molecular weight is 293 g/mol. The lowest BCUT2D eigenvalue weighted by atomic mass is 10.0. The van der Waals surface area contributed by atoms with E-state index in [1.807, 2.05) is 31.2 Å². The van der Waals surface area contributed by atoms with E-state index in [9.17, 15) is 4.79 Å². The van der Waals surface area contributed by atoms with E-state index in [1.54, 1.807) is 6.92 Å². The molecule has 2 N–H and O–H groups in total. The van der Waals surface area contributed by atoms with E-state index in [2.05, 4.69) is 6.92 Å². The van der Waals surface area contributed by atoms with Crippen LogP contribution in [-0.4, -0.2) is 24.7 Å². The molecule has 1 aromatic carbocycles. The van der Waals surface area contributed by atoms with Gasteiger partial charge in [0.25, 0.3) is 0 Å². The van der Waals surface area contributed by atoms with Gasteiger partial charge in [0.05, 0.1) is 6.61 Å². The first-order valence-corrected chi connectivity index (χ1v) is 7.78. The van der Waals surface area contributed by atoms with Crippen LogP contribution in [0.25, 0.3) is 0 Å². The number of ether oxygens (including phenoxy) is 2. The number of hydrogen-bond donors (Lipinski definition) is 1. The molecule has 1 aromatic rings. The van der Waals surface area contributed by atoms with Crippen molar-refractivity contribution in [2.24, 2.45) is 5.73 Å². The van der Waals surface area contributed by atoms with Gasteiger partial charge in [0.1, 0.15) is 5.75 Å². The maximum Gasteiger partial charge on any atom is 0.347 e. The monoisotopic (exact) mass is 293 g/mol. The Balaban J connectivity index is 2.74. The zero-order valence-corrected chi connectivity index (χ0v) is 13.3. The Bertz CT molecular complexity index is 434. The van der Waals surface area contributed by atoms with Crippen LogP contribution in [-0.2, 0) is 16.0 Å². The van der Waals surface area contributed by atoms with Crippen LogP contribution < -0.4 is 10.5 Å². The third kappa shape index (κ3) is 6.17. The van der Waals surface area contributed by atoms with Gasteiger partial charge in [0, 0.05) is 6.04 Å². The summed E-state index contributed by atoms with van der Waals surface area (Å²) in [6.07, 6.45) is 2.73. The first-order chi connectivity index (χ1) is 10.1. The first-order valence-electron chi connectivity index (χ1n) is 7.78. The number of esters is 1. The van der Waals surface area contributed by atoms with Crippen molar-refractivity contribution in [2.75, 3.05) is 6.61 Å². The molecule has 0 spiro atoms. The highest BCUT2D eigenvalue weighted by atomic mass is 16.6. The lowest BCUT2D eigenvalue weighted by Gasteiger charge is -2.18. The molecule has 0 aliphatic heterocycles. The Hall–Kier alpha value is -1.55. The average Bonchev–Trinajstić information content (AvgIpc) is 2.47. The molecule has 21 heavy (non-hydrogen) atoms. The third-order valence-electron chi connectivity index (χ3n) is 3.30. The molecule has 2 unspecified atom stereocenters. The lowest BCUT2D eigenvalue weighted by Crippen LogP contribution is -2.29. The molecule has 0 aromatic heterocycles. The second kappa shape index (κ2) is 9.40. The van der Waals surface area contributed by atoms with Gasteiger partial charge in [-0.05, 0) is 43.9 Å². The summed E-state index contributed by atoms with van der Waals surface area (Å²) in [5, 5.41) is 0.